The third-order valence-electron chi connectivity index (χ3n) is 0.734. The molecule has 0 aliphatic carbocycles. The molecule has 5 heteroatoms. The number of hydrogen-bond acceptors (Lipinski definition) is 3. The van der Waals surface area contributed by atoms with Gasteiger partial charge < -0.3 is 0 Å². The van der Waals surface area contributed by atoms with Crippen molar-refractivity contribution in [3.63, 3.8) is 0 Å². The molecule has 0 saturated heterocycles. The van der Waals surface area contributed by atoms with Crippen LogP contribution in [0.3, 0.4) is 0 Å². The average molecular weight is 191 g/mol. The molecule has 3 N–H and O–H groups in total. The van der Waals surface area contributed by atoms with E-state index >= 15 is 0 Å². The summed E-state index contributed by atoms with van der Waals surface area (Å²) < 4.78 is 0.750. The molecule has 0 atom stereocenters. The second-order valence-corrected chi connectivity index (χ2v) is 3.60. The van der Waals surface area contributed by atoms with Crippen LogP contribution in [-0.2, 0) is 0 Å². The fourth-order valence-electron chi connectivity index (χ4n) is 0.386. The van der Waals surface area contributed by atoms with E-state index in [-0.39, 0.29) is 14.5 Å². The Balaban J connectivity index is 2.98. The van der Waals surface area contributed by atoms with Gasteiger partial charge >= 0.3 is 56.4 Å². The molecule has 48 valence electrons. The van der Waals surface area contributed by atoms with Crippen LogP contribution in [0.2, 0.25) is 0 Å². The molecule has 4 nitrogen and oxygen atoms in total. The molecule has 9 heavy (non-hydrogen) atoms. The molecular weight excluding hydrogens is 187 g/mol. The van der Waals surface area contributed by atoms with Crippen LogP contribution >= 0.6 is 0 Å². The SMILES string of the molecule is Nc1ncc(C(=O)O)[se]1. The van der Waals surface area contributed by atoms with Crippen LogP contribution in [0.4, 0.5) is 4.69 Å². The Morgan fingerprint density at radius 1 is 1.89 bits per heavy atom. The van der Waals surface area contributed by atoms with Crippen LogP contribution in [0.15, 0.2) is 6.20 Å². The molecule has 0 saturated carbocycles. The van der Waals surface area contributed by atoms with E-state index in [1.807, 2.05) is 0 Å². The molecule has 0 unspecified atom stereocenters. The number of nitrogens with zero attached hydrogens (tertiary/aromatic N) is 1. The number of rotatable bonds is 1. The first kappa shape index (κ1) is 6.32. The van der Waals surface area contributed by atoms with Gasteiger partial charge in [-0.15, -0.1) is 0 Å². The molecule has 0 aromatic carbocycles. The number of carbonyl (C=O) groups is 1. The average Bonchev–Trinajstić information content (AvgIpc) is 2.14. The number of aromatic nitrogens is 1. The van der Waals surface area contributed by atoms with Gasteiger partial charge in [0, 0.05) is 0 Å². The fraction of sp³-hybridized carbons (Fsp3) is 0. The van der Waals surface area contributed by atoms with E-state index in [0.29, 0.717) is 9.13 Å². The van der Waals surface area contributed by atoms with Gasteiger partial charge in [0.2, 0.25) is 0 Å². The van der Waals surface area contributed by atoms with E-state index in [9.17, 15) is 4.79 Å². The molecule has 0 fully saturated rings. The molecule has 1 aromatic heterocycles. The zero-order chi connectivity index (χ0) is 6.85. The van der Waals surface area contributed by atoms with Crippen LogP contribution in [0, 0.1) is 0 Å². The Morgan fingerprint density at radius 3 is 2.78 bits per heavy atom. The first-order valence-corrected chi connectivity index (χ1v) is 3.86. The topological polar surface area (TPSA) is 76.2 Å². The molecule has 0 spiro atoms. The maximum atomic E-state index is 10.2. The minimum atomic E-state index is -0.917. The van der Waals surface area contributed by atoms with E-state index in [0.717, 1.165) is 0 Å². The minimum absolute atomic E-state index is 0.244. The zero-order valence-electron chi connectivity index (χ0n) is 4.37. The Kier molecular flexibility index (Phi) is 1.55. The van der Waals surface area contributed by atoms with Gasteiger partial charge in [-0.3, -0.25) is 0 Å². The van der Waals surface area contributed by atoms with Crippen molar-refractivity contribution in [2.45, 2.75) is 0 Å². The first-order valence-electron chi connectivity index (χ1n) is 2.15. The summed E-state index contributed by atoms with van der Waals surface area (Å²) in [6.45, 7) is 0. The van der Waals surface area contributed by atoms with Gasteiger partial charge in [0.15, 0.2) is 0 Å². The first-order chi connectivity index (χ1) is 4.20. The van der Waals surface area contributed by atoms with Crippen molar-refractivity contribution in [1.29, 1.82) is 0 Å². The number of hydrogen-bond donors (Lipinski definition) is 2. The summed E-state index contributed by atoms with van der Waals surface area (Å²) in [5.41, 5.74) is 5.23. The van der Waals surface area contributed by atoms with Gasteiger partial charge in [-0.25, -0.2) is 0 Å². The molecule has 0 aliphatic heterocycles. The van der Waals surface area contributed by atoms with Crippen LogP contribution in [0.5, 0.6) is 0 Å². The van der Waals surface area contributed by atoms with Crippen LogP contribution < -0.4 is 5.73 Å². The number of aromatic carboxylic acids is 1. The number of carboxylic acids is 1. The molecule has 0 aliphatic rings. The number of nitrogen functional groups attached to an aromatic ring is 1. The standard InChI is InChI=1S/C4H4N2O2Se/c5-4-6-1-2(9-4)3(7)8/h1H,(H2,5,6)(H,7,8). The van der Waals surface area contributed by atoms with Crippen LogP contribution in [0.25, 0.3) is 0 Å². The van der Waals surface area contributed by atoms with E-state index in [1.165, 1.54) is 6.20 Å². The number of anilines is 1. The Morgan fingerprint density at radius 2 is 2.56 bits per heavy atom. The summed E-state index contributed by atoms with van der Waals surface area (Å²) in [6, 6.07) is 0. The summed E-state index contributed by atoms with van der Waals surface area (Å²) >= 11 is -0.244. The van der Waals surface area contributed by atoms with Gasteiger partial charge in [0.05, 0.1) is 0 Å². The van der Waals surface area contributed by atoms with Gasteiger partial charge in [0.1, 0.15) is 0 Å². The van der Waals surface area contributed by atoms with Crippen LogP contribution in [0.1, 0.15) is 9.23 Å². The predicted octanol–water partition coefficient (Wildman–Crippen LogP) is -0.581. The van der Waals surface area contributed by atoms with Crippen molar-refractivity contribution in [2.75, 3.05) is 5.73 Å². The summed E-state index contributed by atoms with van der Waals surface area (Å²) in [7, 11) is 0. The third kappa shape index (κ3) is 1.31. The van der Waals surface area contributed by atoms with Crippen molar-refractivity contribution in [3.8, 4) is 0 Å². The quantitative estimate of drug-likeness (QED) is 0.582. The Hall–Kier alpha value is -0.801. The normalized spacial score (nSPS) is 9.33. The van der Waals surface area contributed by atoms with Gasteiger partial charge in [-0.1, -0.05) is 0 Å². The second-order valence-electron chi connectivity index (χ2n) is 1.37. The Labute approximate surface area is 57.1 Å². The van der Waals surface area contributed by atoms with Crippen molar-refractivity contribution >= 4 is 25.2 Å². The molecule has 1 heterocycles. The summed E-state index contributed by atoms with van der Waals surface area (Å²) in [6.07, 6.45) is 1.30. The monoisotopic (exact) mass is 192 g/mol. The van der Waals surface area contributed by atoms with Gasteiger partial charge in [0.25, 0.3) is 0 Å². The zero-order valence-corrected chi connectivity index (χ0v) is 6.08. The van der Waals surface area contributed by atoms with E-state index in [1.54, 1.807) is 0 Å². The third-order valence-corrected chi connectivity index (χ3v) is 2.44. The molecule has 0 radical (unpaired) electrons. The predicted molar refractivity (Wildman–Crippen MR) is 32.5 cm³/mol. The molecule has 1 aromatic rings. The molecule has 1 rings (SSSR count). The molecule has 0 amide bonds. The van der Waals surface area contributed by atoms with Gasteiger partial charge in [-0.2, -0.15) is 0 Å². The van der Waals surface area contributed by atoms with E-state index in [4.69, 9.17) is 10.8 Å². The van der Waals surface area contributed by atoms with Crippen molar-refractivity contribution in [1.82, 2.24) is 4.98 Å². The Bertz CT molecular complexity index is 232. The summed E-state index contributed by atoms with van der Waals surface area (Å²) in [5, 5.41) is 8.35. The van der Waals surface area contributed by atoms with Crippen molar-refractivity contribution in [3.05, 3.63) is 10.6 Å². The van der Waals surface area contributed by atoms with Crippen LogP contribution in [-0.4, -0.2) is 30.6 Å². The van der Waals surface area contributed by atoms with E-state index < -0.39 is 5.97 Å². The number of nitrogens with two attached hydrogens (primary N) is 1. The maximum absolute atomic E-state index is 10.2. The summed E-state index contributed by atoms with van der Waals surface area (Å²) in [4.78, 5) is 13.8. The van der Waals surface area contributed by atoms with Crippen molar-refractivity contribution < 1.29 is 9.90 Å². The number of carboxylic acid groups (broad SMARTS) is 1. The van der Waals surface area contributed by atoms with E-state index in [2.05, 4.69) is 4.98 Å². The molecule has 0 bridgehead atoms. The second kappa shape index (κ2) is 2.21. The molecular formula is C4H4N2O2Se. The van der Waals surface area contributed by atoms with Gasteiger partial charge in [-0.05, 0) is 0 Å². The fourth-order valence-corrected chi connectivity index (χ4v) is 1.48. The summed E-state index contributed by atoms with van der Waals surface area (Å²) in [5.74, 6) is -0.917. The van der Waals surface area contributed by atoms with Crippen molar-refractivity contribution in [2.24, 2.45) is 0 Å².